The van der Waals surface area contributed by atoms with E-state index in [1.165, 1.54) is 6.92 Å². The quantitative estimate of drug-likeness (QED) is 0.910. The number of nitrogens with zero attached hydrogens (tertiary/aromatic N) is 2. The molecule has 1 aliphatic heterocycles. The Morgan fingerprint density at radius 2 is 2.09 bits per heavy atom. The number of rotatable bonds is 4. The van der Waals surface area contributed by atoms with Gasteiger partial charge in [0.25, 0.3) is 0 Å². The first-order valence-electron chi connectivity index (χ1n) is 7.51. The summed E-state index contributed by atoms with van der Waals surface area (Å²) >= 11 is 0. The molecule has 1 aromatic heterocycles. The zero-order chi connectivity index (χ0) is 16.1. The lowest BCUT2D eigenvalue weighted by atomic mass is 10.2. The van der Waals surface area contributed by atoms with Crippen molar-refractivity contribution in [1.82, 2.24) is 10.3 Å². The second kappa shape index (κ2) is 6.91. The highest BCUT2D eigenvalue weighted by atomic mass is 16.5. The van der Waals surface area contributed by atoms with E-state index in [2.05, 4.69) is 20.6 Å². The summed E-state index contributed by atoms with van der Waals surface area (Å²) in [6.45, 7) is 3.18. The van der Waals surface area contributed by atoms with Gasteiger partial charge in [-0.05, 0) is 42.8 Å². The number of carbonyl (C=O) groups excluding carboxylic acids is 1. The SMILES string of the molecule is CC(=O)Nc1ccc(Oc2ncccc2C2=NCCCN2)cc1. The molecule has 2 N–H and O–H groups in total. The van der Waals surface area contributed by atoms with Crippen LogP contribution in [0.15, 0.2) is 47.6 Å². The van der Waals surface area contributed by atoms with E-state index in [0.717, 1.165) is 36.6 Å². The number of anilines is 1. The van der Waals surface area contributed by atoms with Crippen LogP contribution in [0.2, 0.25) is 0 Å². The molecule has 0 atom stereocenters. The first-order valence-corrected chi connectivity index (χ1v) is 7.51. The number of aliphatic imine (C=N–C) groups is 1. The van der Waals surface area contributed by atoms with Crippen LogP contribution >= 0.6 is 0 Å². The second-order valence-electron chi connectivity index (χ2n) is 5.17. The van der Waals surface area contributed by atoms with Crippen molar-refractivity contribution in [3.8, 4) is 11.6 Å². The van der Waals surface area contributed by atoms with E-state index in [0.29, 0.717) is 11.6 Å². The van der Waals surface area contributed by atoms with Crippen molar-refractivity contribution < 1.29 is 9.53 Å². The Morgan fingerprint density at radius 3 is 2.78 bits per heavy atom. The maximum Gasteiger partial charge on any atom is 0.230 e. The lowest BCUT2D eigenvalue weighted by Crippen LogP contribution is -2.30. The molecule has 0 saturated carbocycles. The van der Waals surface area contributed by atoms with Gasteiger partial charge in [-0.3, -0.25) is 9.79 Å². The van der Waals surface area contributed by atoms with E-state index >= 15 is 0 Å². The fourth-order valence-corrected chi connectivity index (χ4v) is 2.29. The summed E-state index contributed by atoms with van der Waals surface area (Å²) in [5.74, 6) is 1.87. The Kier molecular flexibility index (Phi) is 4.52. The molecule has 0 aliphatic carbocycles. The van der Waals surface area contributed by atoms with Crippen molar-refractivity contribution in [2.24, 2.45) is 4.99 Å². The van der Waals surface area contributed by atoms with Crippen molar-refractivity contribution in [2.45, 2.75) is 13.3 Å². The Balaban J connectivity index is 1.80. The van der Waals surface area contributed by atoms with Crippen LogP contribution in [0.5, 0.6) is 11.6 Å². The van der Waals surface area contributed by atoms with Crippen molar-refractivity contribution >= 4 is 17.4 Å². The number of nitrogens with one attached hydrogen (secondary N) is 2. The first kappa shape index (κ1) is 15.0. The monoisotopic (exact) mass is 310 g/mol. The van der Waals surface area contributed by atoms with Gasteiger partial charge in [0, 0.05) is 31.9 Å². The minimum absolute atomic E-state index is 0.105. The zero-order valence-corrected chi connectivity index (χ0v) is 12.9. The normalized spacial score (nSPS) is 13.7. The summed E-state index contributed by atoms with van der Waals surface area (Å²) in [4.78, 5) is 19.8. The smallest absolute Gasteiger partial charge is 0.230 e. The summed E-state index contributed by atoms with van der Waals surface area (Å²) in [6, 6.07) is 11.0. The van der Waals surface area contributed by atoms with Crippen LogP contribution in [0.4, 0.5) is 5.69 Å². The van der Waals surface area contributed by atoms with Gasteiger partial charge in [0.2, 0.25) is 11.8 Å². The number of carbonyl (C=O) groups is 1. The number of aromatic nitrogens is 1. The molecule has 3 rings (SSSR count). The molecule has 2 heterocycles. The van der Waals surface area contributed by atoms with Crippen LogP contribution in [0.1, 0.15) is 18.9 Å². The highest BCUT2D eigenvalue weighted by Gasteiger charge is 2.14. The van der Waals surface area contributed by atoms with Gasteiger partial charge in [0.05, 0.1) is 5.56 Å². The predicted octanol–water partition coefficient (Wildman–Crippen LogP) is 2.57. The first-order chi connectivity index (χ1) is 11.2. The molecular weight excluding hydrogens is 292 g/mol. The Morgan fingerprint density at radius 1 is 1.26 bits per heavy atom. The van der Waals surface area contributed by atoms with E-state index in [1.807, 2.05) is 12.1 Å². The van der Waals surface area contributed by atoms with Crippen LogP contribution in [0.25, 0.3) is 0 Å². The molecule has 0 fully saturated rings. The van der Waals surface area contributed by atoms with E-state index in [4.69, 9.17) is 4.74 Å². The topological polar surface area (TPSA) is 75.6 Å². The molecule has 0 bridgehead atoms. The Hall–Kier alpha value is -2.89. The molecule has 0 radical (unpaired) electrons. The molecule has 2 aromatic rings. The lowest BCUT2D eigenvalue weighted by Gasteiger charge is -2.16. The third-order valence-electron chi connectivity index (χ3n) is 3.31. The summed E-state index contributed by atoms with van der Waals surface area (Å²) in [5, 5.41) is 5.99. The van der Waals surface area contributed by atoms with E-state index < -0.39 is 0 Å². The maximum atomic E-state index is 11.0. The van der Waals surface area contributed by atoms with Gasteiger partial charge in [0.1, 0.15) is 11.6 Å². The van der Waals surface area contributed by atoms with Gasteiger partial charge in [-0.1, -0.05) is 0 Å². The number of benzene rings is 1. The van der Waals surface area contributed by atoms with Crippen molar-refractivity contribution in [3.05, 3.63) is 48.2 Å². The molecule has 6 nitrogen and oxygen atoms in total. The van der Waals surface area contributed by atoms with Crippen LogP contribution in [0.3, 0.4) is 0 Å². The van der Waals surface area contributed by atoms with Gasteiger partial charge < -0.3 is 15.4 Å². The van der Waals surface area contributed by atoms with Crippen LogP contribution in [0, 0.1) is 0 Å². The van der Waals surface area contributed by atoms with Gasteiger partial charge in [-0.2, -0.15) is 0 Å². The summed E-state index contributed by atoms with van der Waals surface area (Å²) in [5.41, 5.74) is 1.57. The Labute approximate surface area is 134 Å². The molecular formula is C17H18N4O2. The average molecular weight is 310 g/mol. The number of ether oxygens (including phenoxy) is 1. The highest BCUT2D eigenvalue weighted by molar-refractivity contribution is 6.01. The molecule has 23 heavy (non-hydrogen) atoms. The van der Waals surface area contributed by atoms with Gasteiger partial charge >= 0.3 is 0 Å². The van der Waals surface area contributed by atoms with Crippen LogP contribution in [-0.4, -0.2) is 29.8 Å². The van der Waals surface area contributed by atoms with Crippen LogP contribution in [-0.2, 0) is 4.79 Å². The number of hydrogen-bond acceptors (Lipinski definition) is 5. The van der Waals surface area contributed by atoms with Gasteiger partial charge in [0.15, 0.2) is 0 Å². The molecule has 118 valence electrons. The molecule has 1 aliphatic rings. The predicted molar refractivity (Wildman–Crippen MR) is 89.1 cm³/mol. The number of pyridine rings is 1. The maximum absolute atomic E-state index is 11.0. The number of amides is 1. The van der Waals surface area contributed by atoms with E-state index in [1.54, 1.807) is 30.5 Å². The van der Waals surface area contributed by atoms with Gasteiger partial charge in [-0.25, -0.2) is 4.98 Å². The molecule has 0 spiro atoms. The minimum atomic E-state index is -0.105. The fourth-order valence-electron chi connectivity index (χ4n) is 2.29. The fraction of sp³-hybridized carbons (Fsp3) is 0.235. The molecule has 0 unspecified atom stereocenters. The summed E-state index contributed by atoms with van der Waals surface area (Å²) in [7, 11) is 0. The minimum Gasteiger partial charge on any atom is -0.438 e. The molecule has 1 amide bonds. The third-order valence-corrected chi connectivity index (χ3v) is 3.31. The summed E-state index contributed by atoms with van der Waals surface area (Å²) in [6.07, 6.45) is 2.72. The third kappa shape index (κ3) is 3.85. The highest BCUT2D eigenvalue weighted by Crippen LogP contribution is 2.25. The van der Waals surface area contributed by atoms with Crippen molar-refractivity contribution in [2.75, 3.05) is 18.4 Å². The van der Waals surface area contributed by atoms with Crippen molar-refractivity contribution in [1.29, 1.82) is 0 Å². The number of hydrogen-bond donors (Lipinski definition) is 2. The van der Waals surface area contributed by atoms with E-state index in [9.17, 15) is 4.79 Å². The zero-order valence-electron chi connectivity index (χ0n) is 12.9. The molecule has 6 heteroatoms. The van der Waals surface area contributed by atoms with E-state index in [-0.39, 0.29) is 5.91 Å². The van der Waals surface area contributed by atoms with Crippen LogP contribution < -0.4 is 15.4 Å². The lowest BCUT2D eigenvalue weighted by molar-refractivity contribution is -0.114. The second-order valence-corrected chi connectivity index (χ2v) is 5.17. The Bertz CT molecular complexity index is 726. The average Bonchev–Trinajstić information content (AvgIpc) is 2.57. The summed E-state index contributed by atoms with van der Waals surface area (Å²) < 4.78 is 5.88. The number of amidine groups is 1. The standard InChI is InChI=1S/C17H18N4O2/c1-12(22)21-13-5-7-14(8-6-13)23-17-15(4-2-9-20-17)16-18-10-3-11-19-16/h2,4-9H,3,10-11H2,1H3,(H,18,19)(H,21,22). The molecule has 0 saturated heterocycles. The molecule has 1 aromatic carbocycles. The largest absolute Gasteiger partial charge is 0.438 e. The van der Waals surface area contributed by atoms with Gasteiger partial charge in [-0.15, -0.1) is 0 Å². The van der Waals surface area contributed by atoms with Crippen molar-refractivity contribution in [3.63, 3.8) is 0 Å².